The van der Waals surface area contributed by atoms with E-state index in [1.807, 2.05) is 12.1 Å². The molecule has 0 bridgehead atoms. The Morgan fingerprint density at radius 1 is 1.14 bits per heavy atom. The zero-order chi connectivity index (χ0) is 20.8. The van der Waals surface area contributed by atoms with Gasteiger partial charge in [-0.25, -0.2) is 4.39 Å². The lowest BCUT2D eigenvalue weighted by molar-refractivity contribution is 0.0358. The number of rotatable bonds is 6. The number of nitrogens with zero attached hydrogens (tertiary/aromatic N) is 2. The summed E-state index contributed by atoms with van der Waals surface area (Å²) in [5.74, 6) is -0.200. The van der Waals surface area contributed by atoms with Crippen molar-refractivity contribution in [2.45, 2.75) is 27.3 Å². The number of hydrogen-bond acceptors (Lipinski definition) is 3. The van der Waals surface area contributed by atoms with Crippen molar-refractivity contribution in [2.75, 3.05) is 44.7 Å². The smallest absolute Gasteiger partial charge is 0.173 e. The maximum atomic E-state index is 14.3. The molecule has 156 valence electrons. The Hall–Kier alpha value is -2.02. The van der Waals surface area contributed by atoms with E-state index in [1.54, 1.807) is 6.07 Å². The third kappa shape index (κ3) is 5.98. The van der Waals surface area contributed by atoms with Crippen LogP contribution in [-0.2, 0) is 11.3 Å². The fourth-order valence-corrected chi connectivity index (χ4v) is 3.99. The Morgan fingerprint density at radius 2 is 1.79 bits per heavy atom. The molecular weight excluding hydrogens is 385 g/mol. The van der Waals surface area contributed by atoms with Crippen molar-refractivity contribution in [1.29, 1.82) is 0 Å². The van der Waals surface area contributed by atoms with Crippen LogP contribution in [-0.4, -0.2) is 54.3 Å². The molecule has 1 saturated heterocycles. The Bertz CT molecular complexity index is 829. The molecule has 6 heteroatoms. The SMILES string of the molecule is Cc1cc(C)c(NC(=S)N(CCN2CCOCC2)Cc2ccccc2F)c(C)c1. The molecule has 0 amide bonds. The molecule has 2 aromatic carbocycles. The van der Waals surface area contributed by atoms with E-state index in [1.165, 1.54) is 11.6 Å². The summed E-state index contributed by atoms with van der Waals surface area (Å²) >= 11 is 5.77. The van der Waals surface area contributed by atoms with E-state index in [2.05, 4.69) is 48.0 Å². The van der Waals surface area contributed by atoms with Gasteiger partial charge < -0.3 is 15.0 Å². The summed E-state index contributed by atoms with van der Waals surface area (Å²) in [5.41, 5.74) is 5.22. The van der Waals surface area contributed by atoms with Gasteiger partial charge in [0.05, 0.1) is 13.2 Å². The Morgan fingerprint density at radius 3 is 2.45 bits per heavy atom. The van der Waals surface area contributed by atoms with Crippen molar-refractivity contribution in [3.63, 3.8) is 0 Å². The van der Waals surface area contributed by atoms with Gasteiger partial charge in [-0.05, 0) is 50.2 Å². The Kier molecular flexibility index (Phi) is 7.58. The first-order valence-electron chi connectivity index (χ1n) is 10.1. The Labute approximate surface area is 178 Å². The second kappa shape index (κ2) is 10.1. The van der Waals surface area contributed by atoms with E-state index in [4.69, 9.17) is 17.0 Å². The summed E-state index contributed by atoms with van der Waals surface area (Å²) in [6, 6.07) is 11.2. The monoisotopic (exact) mass is 415 g/mol. The molecule has 4 nitrogen and oxygen atoms in total. The van der Waals surface area contributed by atoms with E-state index >= 15 is 0 Å². The van der Waals surface area contributed by atoms with Gasteiger partial charge in [-0.2, -0.15) is 0 Å². The summed E-state index contributed by atoms with van der Waals surface area (Å²) < 4.78 is 19.7. The molecule has 0 unspecified atom stereocenters. The van der Waals surface area contributed by atoms with Gasteiger partial charge in [0.25, 0.3) is 0 Å². The summed E-state index contributed by atoms with van der Waals surface area (Å²) in [7, 11) is 0. The highest BCUT2D eigenvalue weighted by atomic mass is 32.1. The molecule has 0 aliphatic carbocycles. The van der Waals surface area contributed by atoms with Crippen LogP contribution in [0.2, 0.25) is 0 Å². The van der Waals surface area contributed by atoms with Gasteiger partial charge in [-0.1, -0.05) is 35.9 Å². The second-order valence-electron chi connectivity index (χ2n) is 7.67. The maximum Gasteiger partial charge on any atom is 0.173 e. The largest absolute Gasteiger partial charge is 0.379 e. The van der Waals surface area contributed by atoms with Crippen LogP contribution in [0.4, 0.5) is 10.1 Å². The highest BCUT2D eigenvalue weighted by molar-refractivity contribution is 7.80. The van der Waals surface area contributed by atoms with E-state index < -0.39 is 0 Å². The lowest BCUT2D eigenvalue weighted by Crippen LogP contribution is -2.44. The Balaban J connectivity index is 1.75. The highest BCUT2D eigenvalue weighted by Gasteiger charge is 2.17. The van der Waals surface area contributed by atoms with Crippen molar-refractivity contribution < 1.29 is 9.13 Å². The molecule has 0 atom stereocenters. The van der Waals surface area contributed by atoms with Crippen LogP contribution in [0.3, 0.4) is 0 Å². The molecule has 0 radical (unpaired) electrons. The van der Waals surface area contributed by atoms with Gasteiger partial charge in [0.15, 0.2) is 5.11 Å². The minimum absolute atomic E-state index is 0.200. The number of thiocarbonyl (C=S) groups is 1. The standard InChI is InChI=1S/C23H30FN3OS/c1-17-14-18(2)22(19(3)15-17)25-23(29)27(9-8-26-10-12-28-13-11-26)16-20-6-4-5-7-21(20)24/h4-7,14-15H,8-13,16H2,1-3H3,(H,25,29). The van der Waals surface area contributed by atoms with Crippen molar-refractivity contribution in [1.82, 2.24) is 9.80 Å². The number of nitrogens with one attached hydrogen (secondary N) is 1. The van der Waals surface area contributed by atoms with E-state index in [9.17, 15) is 4.39 Å². The van der Waals surface area contributed by atoms with Crippen LogP contribution in [0.15, 0.2) is 36.4 Å². The number of halogens is 1. The van der Waals surface area contributed by atoms with Gasteiger partial charge in [0.1, 0.15) is 5.82 Å². The van der Waals surface area contributed by atoms with Crippen LogP contribution in [0.5, 0.6) is 0 Å². The van der Waals surface area contributed by atoms with Gasteiger partial charge in [0, 0.05) is 44.0 Å². The molecule has 0 saturated carbocycles. The topological polar surface area (TPSA) is 27.7 Å². The van der Waals surface area contributed by atoms with Crippen LogP contribution in [0.1, 0.15) is 22.3 Å². The molecule has 0 aromatic heterocycles. The predicted octanol–water partition coefficient (Wildman–Crippen LogP) is 4.28. The normalized spacial score (nSPS) is 14.6. The third-order valence-electron chi connectivity index (χ3n) is 5.31. The number of benzene rings is 2. The molecule has 1 aliphatic rings. The maximum absolute atomic E-state index is 14.3. The lowest BCUT2D eigenvalue weighted by atomic mass is 10.1. The molecule has 3 rings (SSSR count). The zero-order valence-corrected chi connectivity index (χ0v) is 18.3. The number of anilines is 1. The summed E-state index contributed by atoms with van der Waals surface area (Å²) in [5, 5.41) is 4.05. The number of ether oxygens (including phenoxy) is 1. The zero-order valence-electron chi connectivity index (χ0n) is 17.5. The van der Waals surface area contributed by atoms with Crippen LogP contribution in [0, 0.1) is 26.6 Å². The highest BCUT2D eigenvalue weighted by Crippen LogP contribution is 2.23. The fraction of sp³-hybridized carbons (Fsp3) is 0.435. The summed E-state index contributed by atoms with van der Waals surface area (Å²) in [6.45, 7) is 11.7. The van der Waals surface area contributed by atoms with Crippen molar-refractivity contribution in [3.8, 4) is 0 Å². The molecule has 1 fully saturated rings. The van der Waals surface area contributed by atoms with E-state index in [0.717, 1.165) is 56.2 Å². The molecule has 0 spiro atoms. The van der Waals surface area contributed by atoms with Gasteiger partial charge >= 0.3 is 0 Å². The summed E-state index contributed by atoms with van der Waals surface area (Å²) in [4.78, 5) is 4.42. The van der Waals surface area contributed by atoms with Crippen molar-refractivity contribution in [3.05, 3.63) is 64.5 Å². The van der Waals surface area contributed by atoms with Crippen molar-refractivity contribution in [2.24, 2.45) is 0 Å². The second-order valence-corrected chi connectivity index (χ2v) is 8.06. The van der Waals surface area contributed by atoms with Crippen molar-refractivity contribution >= 4 is 23.0 Å². The average Bonchev–Trinajstić information content (AvgIpc) is 2.70. The number of aryl methyl sites for hydroxylation is 3. The van der Waals surface area contributed by atoms with E-state index in [-0.39, 0.29) is 5.82 Å². The predicted molar refractivity (Wildman–Crippen MR) is 121 cm³/mol. The van der Waals surface area contributed by atoms with Gasteiger partial charge in [-0.15, -0.1) is 0 Å². The number of morpholine rings is 1. The quantitative estimate of drug-likeness (QED) is 0.711. The van der Waals surface area contributed by atoms with Gasteiger partial charge in [-0.3, -0.25) is 4.90 Å². The molecule has 1 N–H and O–H groups in total. The molecule has 1 aliphatic heterocycles. The first kappa shape index (κ1) is 21.7. The van der Waals surface area contributed by atoms with Crippen LogP contribution >= 0.6 is 12.2 Å². The van der Waals surface area contributed by atoms with Crippen LogP contribution < -0.4 is 5.32 Å². The minimum atomic E-state index is -0.200. The molecule has 2 aromatic rings. The van der Waals surface area contributed by atoms with Crippen LogP contribution in [0.25, 0.3) is 0 Å². The number of hydrogen-bond donors (Lipinski definition) is 1. The lowest BCUT2D eigenvalue weighted by Gasteiger charge is -2.32. The summed E-state index contributed by atoms with van der Waals surface area (Å²) in [6.07, 6.45) is 0. The minimum Gasteiger partial charge on any atom is -0.379 e. The molecule has 29 heavy (non-hydrogen) atoms. The third-order valence-corrected chi connectivity index (χ3v) is 5.67. The first-order valence-corrected chi connectivity index (χ1v) is 10.5. The average molecular weight is 416 g/mol. The fourth-order valence-electron chi connectivity index (χ4n) is 3.73. The van der Waals surface area contributed by atoms with Gasteiger partial charge in [0.2, 0.25) is 0 Å². The molecular formula is C23H30FN3OS. The first-order chi connectivity index (χ1) is 13.9. The van der Waals surface area contributed by atoms with E-state index in [0.29, 0.717) is 17.2 Å². The molecule has 1 heterocycles.